The number of hydrogen-bond acceptors (Lipinski definition) is 4. The van der Waals surface area contributed by atoms with E-state index in [2.05, 4.69) is 12.2 Å². The third kappa shape index (κ3) is 12.2. The molecular formula is C17H31NO4. The molecule has 0 aliphatic carbocycles. The van der Waals surface area contributed by atoms with E-state index in [1.807, 2.05) is 20.8 Å². The van der Waals surface area contributed by atoms with Crippen molar-refractivity contribution in [3.05, 3.63) is 12.2 Å². The van der Waals surface area contributed by atoms with E-state index in [-0.39, 0.29) is 6.04 Å². The molecule has 0 saturated heterocycles. The third-order valence-corrected chi connectivity index (χ3v) is 2.82. The highest BCUT2D eigenvalue weighted by atomic mass is 16.6. The Morgan fingerprint density at radius 3 is 2.36 bits per heavy atom. The van der Waals surface area contributed by atoms with Crippen LogP contribution in [0.3, 0.4) is 0 Å². The van der Waals surface area contributed by atoms with Gasteiger partial charge in [0, 0.05) is 6.08 Å². The first-order valence-electron chi connectivity index (χ1n) is 8.13. The summed E-state index contributed by atoms with van der Waals surface area (Å²) < 4.78 is 10.1. The van der Waals surface area contributed by atoms with Gasteiger partial charge in [-0.3, -0.25) is 0 Å². The molecule has 0 heterocycles. The van der Waals surface area contributed by atoms with Gasteiger partial charge in [-0.2, -0.15) is 0 Å². The molecule has 0 aliphatic heterocycles. The van der Waals surface area contributed by atoms with E-state index in [1.165, 1.54) is 12.5 Å². The second-order valence-corrected chi connectivity index (χ2v) is 6.21. The quantitative estimate of drug-likeness (QED) is 0.397. The van der Waals surface area contributed by atoms with Crippen molar-refractivity contribution in [2.24, 2.45) is 0 Å². The number of carbonyl (C=O) groups is 2. The first-order chi connectivity index (χ1) is 10.3. The van der Waals surface area contributed by atoms with Crippen molar-refractivity contribution < 1.29 is 19.1 Å². The van der Waals surface area contributed by atoms with Crippen molar-refractivity contribution in [3.63, 3.8) is 0 Å². The van der Waals surface area contributed by atoms with Gasteiger partial charge in [-0.05, 0) is 34.1 Å². The van der Waals surface area contributed by atoms with Gasteiger partial charge in [-0.25, -0.2) is 9.59 Å². The van der Waals surface area contributed by atoms with Gasteiger partial charge >= 0.3 is 12.1 Å². The summed E-state index contributed by atoms with van der Waals surface area (Å²) in [5.74, 6) is -0.396. The minimum Gasteiger partial charge on any atom is -0.463 e. The minimum absolute atomic E-state index is 0.226. The van der Waals surface area contributed by atoms with Gasteiger partial charge in [-0.1, -0.05) is 38.7 Å². The molecule has 0 radical (unpaired) electrons. The lowest BCUT2D eigenvalue weighted by molar-refractivity contribution is -0.137. The predicted molar refractivity (Wildman–Crippen MR) is 87.7 cm³/mol. The van der Waals surface area contributed by atoms with Crippen LogP contribution in [-0.4, -0.2) is 30.3 Å². The van der Waals surface area contributed by atoms with Crippen LogP contribution in [0.4, 0.5) is 4.79 Å². The fraction of sp³-hybridized carbons (Fsp3) is 0.765. The highest BCUT2D eigenvalue weighted by Crippen LogP contribution is 2.10. The lowest BCUT2D eigenvalue weighted by Gasteiger charge is -2.22. The summed E-state index contributed by atoms with van der Waals surface area (Å²) >= 11 is 0. The average molecular weight is 313 g/mol. The molecular weight excluding hydrogens is 282 g/mol. The van der Waals surface area contributed by atoms with Gasteiger partial charge in [0.25, 0.3) is 0 Å². The van der Waals surface area contributed by atoms with Gasteiger partial charge in [0.15, 0.2) is 0 Å². The molecule has 0 saturated carbocycles. The van der Waals surface area contributed by atoms with Crippen LogP contribution in [0.15, 0.2) is 12.2 Å². The molecule has 5 nitrogen and oxygen atoms in total. The molecule has 0 rings (SSSR count). The van der Waals surface area contributed by atoms with Crippen molar-refractivity contribution in [1.82, 2.24) is 5.32 Å². The number of rotatable bonds is 9. The molecule has 0 spiro atoms. The number of amides is 1. The highest BCUT2D eigenvalue weighted by molar-refractivity contribution is 5.82. The van der Waals surface area contributed by atoms with Crippen molar-refractivity contribution in [1.29, 1.82) is 0 Å². The van der Waals surface area contributed by atoms with Gasteiger partial charge in [0.2, 0.25) is 0 Å². The van der Waals surface area contributed by atoms with E-state index in [0.717, 1.165) is 25.7 Å². The molecule has 0 aromatic heterocycles. The maximum atomic E-state index is 11.8. The third-order valence-electron chi connectivity index (χ3n) is 2.82. The number of esters is 1. The predicted octanol–water partition coefficient (Wildman–Crippen LogP) is 3.97. The van der Waals surface area contributed by atoms with Crippen molar-refractivity contribution in [2.75, 3.05) is 6.61 Å². The van der Waals surface area contributed by atoms with Crippen LogP contribution in [0.1, 0.15) is 66.7 Å². The molecule has 0 unspecified atom stereocenters. The first-order valence-corrected chi connectivity index (χ1v) is 8.13. The number of carbonyl (C=O) groups excluding carboxylic acids is 2. The topological polar surface area (TPSA) is 64.6 Å². The number of hydrogen-bond donors (Lipinski definition) is 1. The van der Waals surface area contributed by atoms with Gasteiger partial charge < -0.3 is 14.8 Å². The van der Waals surface area contributed by atoms with E-state index in [4.69, 9.17) is 9.47 Å². The molecule has 0 aromatic rings. The number of alkyl carbamates (subject to hydrolysis) is 1. The zero-order valence-corrected chi connectivity index (χ0v) is 14.6. The second-order valence-electron chi connectivity index (χ2n) is 6.21. The van der Waals surface area contributed by atoms with Crippen LogP contribution in [0, 0.1) is 0 Å². The molecule has 1 N–H and O–H groups in total. The number of nitrogens with one attached hydrogen (secondary N) is 1. The number of ether oxygens (including phenoxy) is 2. The van der Waals surface area contributed by atoms with E-state index in [1.54, 1.807) is 13.0 Å². The largest absolute Gasteiger partial charge is 0.463 e. The lowest BCUT2D eigenvalue weighted by atomic mass is 10.1. The van der Waals surface area contributed by atoms with E-state index in [0.29, 0.717) is 6.61 Å². The molecule has 128 valence electrons. The van der Waals surface area contributed by atoms with E-state index in [9.17, 15) is 9.59 Å². The molecule has 1 amide bonds. The number of unbranched alkanes of at least 4 members (excludes halogenated alkanes) is 3. The summed E-state index contributed by atoms with van der Waals surface area (Å²) in [6, 6.07) is -0.226. The zero-order chi connectivity index (χ0) is 17.0. The monoisotopic (exact) mass is 313 g/mol. The Balaban J connectivity index is 4.50. The van der Waals surface area contributed by atoms with Crippen LogP contribution < -0.4 is 5.32 Å². The van der Waals surface area contributed by atoms with Gasteiger partial charge in [0.1, 0.15) is 5.60 Å². The molecule has 22 heavy (non-hydrogen) atoms. The van der Waals surface area contributed by atoms with Crippen LogP contribution >= 0.6 is 0 Å². The molecule has 0 aliphatic rings. The maximum absolute atomic E-state index is 11.8. The summed E-state index contributed by atoms with van der Waals surface area (Å²) in [5, 5.41) is 2.79. The standard InChI is InChI=1S/C17H31NO4/c1-6-8-9-10-11-14(12-13-15(19)21-7-2)18-16(20)22-17(3,4)5/h12-14H,6-11H2,1-5H3,(H,18,20)/b13-12+/t14-/m1/s1. The van der Waals surface area contributed by atoms with E-state index >= 15 is 0 Å². The average Bonchev–Trinajstić information content (AvgIpc) is 2.38. The van der Waals surface area contributed by atoms with Gasteiger partial charge in [-0.15, -0.1) is 0 Å². The van der Waals surface area contributed by atoms with Crippen molar-refractivity contribution in [2.45, 2.75) is 78.4 Å². The maximum Gasteiger partial charge on any atom is 0.408 e. The molecule has 0 aromatic carbocycles. The molecule has 0 fully saturated rings. The second kappa shape index (κ2) is 11.1. The van der Waals surface area contributed by atoms with Gasteiger partial charge in [0.05, 0.1) is 12.6 Å². The highest BCUT2D eigenvalue weighted by Gasteiger charge is 2.18. The molecule has 5 heteroatoms. The Labute approximate surface area is 134 Å². The Morgan fingerprint density at radius 1 is 1.14 bits per heavy atom. The fourth-order valence-corrected chi connectivity index (χ4v) is 1.85. The summed E-state index contributed by atoms with van der Waals surface area (Å²) in [6.07, 6.45) is 7.76. The van der Waals surface area contributed by atoms with Crippen LogP contribution in [0.5, 0.6) is 0 Å². The SMILES string of the molecule is CCCCCC[C@H](/C=C/C(=O)OCC)NC(=O)OC(C)(C)C. The summed E-state index contributed by atoms with van der Waals surface area (Å²) in [7, 11) is 0. The normalized spacial score (nSPS) is 13.0. The fourth-order valence-electron chi connectivity index (χ4n) is 1.85. The molecule has 0 bridgehead atoms. The minimum atomic E-state index is -0.540. The lowest BCUT2D eigenvalue weighted by Crippen LogP contribution is -2.38. The Kier molecular flexibility index (Phi) is 10.3. The Hall–Kier alpha value is -1.52. The zero-order valence-electron chi connectivity index (χ0n) is 14.6. The van der Waals surface area contributed by atoms with Crippen LogP contribution in [0.25, 0.3) is 0 Å². The van der Waals surface area contributed by atoms with Crippen LogP contribution in [0.2, 0.25) is 0 Å². The first kappa shape index (κ1) is 20.5. The van der Waals surface area contributed by atoms with Crippen molar-refractivity contribution >= 4 is 12.1 Å². The summed E-state index contributed by atoms with van der Waals surface area (Å²) in [5.41, 5.74) is -0.540. The van der Waals surface area contributed by atoms with Crippen molar-refractivity contribution in [3.8, 4) is 0 Å². The Bertz CT molecular complexity index is 358. The smallest absolute Gasteiger partial charge is 0.408 e. The molecule has 1 atom stereocenters. The van der Waals surface area contributed by atoms with Crippen LogP contribution in [-0.2, 0) is 14.3 Å². The van der Waals surface area contributed by atoms with E-state index < -0.39 is 17.7 Å². The Morgan fingerprint density at radius 2 is 1.82 bits per heavy atom. The summed E-state index contributed by atoms with van der Waals surface area (Å²) in [6.45, 7) is 9.69. The summed E-state index contributed by atoms with van der Waals surface area (Å²) in [4.78, 5) is 23.2.